The summed E-state index contributed by atoms with van der Waals surface area (Å²) in [7, 11) is -6.46. The van der Waals surface area contributed by atoms with Crippen LogP contribution in [-0.2, 0) is 74.9 Å². The zero-order valence-electron chi connectivity index (χ0n) is 77.8. The summed E-state index contributed by atoms with van der Waals surface area (Å²) in [6.45, 7) is 7.42. The molecular formula is C100H150N5O26P2+. The van der Waals surface area contributed by atoms with Crippen molar-refractivity contribution in [3.63, 3.8) is 0 Å². The molecule has 5 amide bonds. The SMILES string of the molecule is CC(=O)NCCCCCC(=O)N1C[C@H](O[P+](=O)OC[C@@H]2C[C@@H](O)CN2C(=O)CCCCCCC(=O)[C@H](CCCCNC(=O)CCCCOC2OC(CO)C(O)C(O)C2C)NC(=O)CCCCOC2OC(CO)C(O)C(O)C2C)C[C@H]1COP(C)(=O)OC[C@H]1[C@@H](CO)[C@@H]2[C@H]1[C@H]1[C@@H]2[C@@H]2[C@H]1[C@H]1[C@@H]2[C@@H]2[C@H]1[C@H]1[C@@H]2[C@@H]2[C@H]1[C@H]1[C@@H]2[C@H]2[C@H]3[C@H]4[C@H]5[C@H]6[C@H]7[C@H]8[C@H]9[C@H]%10[C@H]%11[C@@H](CO)[C@@H](CO)[C@H]%11[C@H]%10[C@H]9[C@H]8[C@H]7[C@H]6[C@H]5[C@H]4[C@H]3[C@@H]12. The Kier molecular flexibility index (Phi) is 25.4. The molecule has 0 aromatic rings. The van der Waals surface area contributed by atoms with Gasteiger partial charge >= 0.3 is 15.9 Å². The van der Waals surface area contributed by atoms with E-state index in [-0.39, 0.29) is 158 Å². The summed E-state index contributed by atoms with van der Waals surface area (Å²) in [5, 5.41) is 111. The molecule has 740 valence electrons. The summed E-state index contributed by atoms with van der Waals surface area (Å²) in [6.07, 6.45) is -1.23. The van der Waals surface area contributed by atoms with E-state index in [4.69, 9.17) is 37.0 Å². The van der Waals surface area contributed by atoms with Crippen LogP contribution in [0.25, 0.3) is 0 Å². The Morgan fingerprint density at radius 1 is 0.414 bits per heavy atom. The fourth-order valence-electron chi connectivity index (χ4n) is 38.5. The molecule has 12 unspecified atom stereocenters. The number of carbonyl (C=O) groups excluding carboxylic acids is 6. The number of ketones is 1. The number of aliphatic hydroxyl groups excluding tert-OH is 10. The standard InChI is InChI=1S/C100H149N5O26P2/c1-40-95(118)97(120)53(35-109)129-99(40)124-26-16-12-20-55(114)102-25-15-11-18-51(103-56(115)21-13-17-27-125-100-41(2)96(119)98(121)54(36-110)130-100)52(113)19-8-5-6-9-22-57(116)104-30-45(112)28-43(104)37-126-132(122)131-46-29-44(105(31-46)58(117)23-10-7-14-24-101-42(3)111)38-127-133(4,123)128-39-50-49(34-108)61-62(50)66-65(61)69-70(66)74-73(69)77-78(74)82-81(77)85-86(82)90-89(85)93-91-87-83-79-75-71-67-63-59-47(32-106)48(33-107)60(59)64(63)68(67)72(71)76(75)80(79)84(83)88(87)92(91)94(90)93/h40-41,43-51,53-54,59-100,106-110,112,118-121H,5-39H2,1-4H3,(H2-,101,102,103,111,114,115)/p+1/t40?,41?,43-,44-,45+,46+,47-,48+,49+,50-,51-,53?,54?,59-,60+,61+,62-,63-,64+,65+,66-,67-,68+,69+,70-,71-,72+,73+,74-,75-,76+,77+,78-,79-,80+,81+,82-,83-,84+,85+,86-,87-,88+,89+,90-,91-,92+,93-,94+,95?,96?,97?,98?,99?,100?,133?/m0/s1. The molecule has 31 nitrogen and oxygen atoms in total. The summed E-state index contributed by atoms with van der Waals surface area (Å²) in [6, 6.07) is -1.96. The number of amides is 5. The molecule has 0 spiro atoms. The Bertz CT molecular complexity index is 4440. The van der Waals surface area contributed by atoms with Crippen LogP contribution in [0.15, 0.2) is 0 Å². The van der Waals surface area contributed by atoms with Crippen molar-refractivity contribution >= 4 is 51.2 Å². The largest absolute Gasteiger partial charge is 0.697 e. The van der Waals surface area contributed by atoms with Gasteiger partial charge in [-0.3, -0.25) is 33.3 Å². The minimum Gasteiger partial charge on any atom is -0.396 e. The zero-order valence-corrected chi connectivity index (χ0v) is 79.6. The lowest BCUT2D eigenvalue weighted by atomic mass is 9.03. The van der Waals surface area contributed by atoms with Crippen molar-refractivity contribution in [1.82, 2.24) is 25.8 Å². The monoisotopic (exact) mass is 1900 g/mol. The fraction of sp³-hybridized carbons (Fsp3) is 0.940. The number of nitrogens with zero attached hydrogens (tertiary/aromatic N) is 2. The molecule has 0 aromatic carbocycles. The van der Waals surface area contributed by atoms with Gasteiger partial charge < -0.3 is 105 Å². The van der Waals surface area contributed by atoms with E-state index < -0.39 is 120 Å². The normalized spacial score (nSPS) is 51.6. The zero-order chi connectivity index (χ0) is 92.0. The molecule has 23 rings (SSSR count). The number of nitrogens with one attached hydrogen (secondary N) is 3. The van der Waals surface area contributed by atoms with Gasteiger partial charge in [0.15, 0.2) is 18.4 Å². The minimum absolute atomic E-state index is 0.0671. The first-order valence-corrected chi connectivity index (χ1v) is 56.0. The summed E-state index contributed by atoms with van der Waals surface area (Å²) >= 11 is 0. The van der Waals surface area contributed by atoms with E-state index >= 15 is 0 Å². The van der Waals surface area contributed by atoms with Gasteiger partial charge in [0.25, 0.3) is 0 Å². The van der Waals surface area contributed by atoms with Crippen LogP contribution in [0.4, 0.5) is 0 Å². The summed E-state index contributed by atoms with van der Waals surface area (Å²) in [4.78, 5) is 82.8. The van der Waals surface area contributed by atoms with Crippen LogP contribution in [-0.4, -0.2) is 275 Å². The van der Waals surface area contributed by atoms with Gasteiger partial charge in [0.05, 0.1) is 69.4 Å². The molecule has 4 saturated heterocycles. The fourth-order valence-corrected chi connectivity index (χ4v) is 40.2. The van der Waals surface area contributed by atoms with E-state index in [0.29, 0.717) is 133 Å². The number of likely N-dealkylation sites (tertiary alicyclic amines) is 2. The Balaban J connectivity index is 0.348. The maximum Gasteiger partial charge on any atom is 0.697 e. The second-order valence-corrected chi connectivity index (χ2v) is 50.5. The molecule has 0 radical (unpaired) electrons. The van der Waals surface area contributed by atoms with Gasteiger partial charge in [0.1, 0.15) is 37.1 Å². The van der Waals surface area contributed by atoms with Crippen LogP contribution in [0.3, 0.4) is 0 Å². The Hall–Kier alpha value is -3.37. The number of hydrogen-bond donors (Lipinski definition) is 13. The maximum atomic E-state index is 14.5. The van der Waals surface area contributed by atoms with Gasteiger partial charge in [-0.25, -0.2) is 0 Å². The number of ether oxygens (including phenoxy) is 4. The van der Waals surface area contributed by atoms with Crippen molar-refractivity contribution in [2.45, 2.75) is 235 Å². The summed E-state index contributed by atoms with van der Waals surface area (Å²) in [5.41, 5.74) is 0. The predicted octanol–water partition coefficient (Wildman–Crippen LogP) is 5.25. The van der Waals surface area contributed by atoms with Gasteiger partial charge in [-0.15, -0.1) is 9.05 Å². The number of Topliss-reactive ketones (excluding diaryl/α,β-unsaturated/α-hetero) is 1. The third-order valence-electron chi connectivity index (χ3n) is 43.3. The highest BCUT2D eigenvalue weighted by Gasteiger charge is 2.99. The first-order valence-electron chi connectivity index (χ1n) is 52.9. The lowest BCUT2D eigenvalue weighted by Gasteiger charge is -3.01. The molecule has 33 heteroatoms. The van der Waals surface area contributed by atoms with Gasteiger partial charge in [-0.05, 0) is 314 Å². The number of aliphatic hydroxyl groups is 10. The van der Waals surface area contributed by atoms with E-state index in [1.807, 2.05) is 0 Å². The van der Waals surface area contributed by atoms with Crippen molar-refractivity contribution < 1.29 is 126 Å². The number of hydrogen-bond acceptors (Lipinski definition) is 26. The summed E-state index contributed by atoms with van der Waals surface area (Å²) < 4.78 is 75.7. The van der Waals surface area contributed by atoms with Crippen molar-refractivity contribution in [2.24, 2.45) is 249 Å². The number of rotatable bonds is 48. The van der Waals surface area contributed by atoms with Crippen molar-refractivity contribution in [2.75, 3.05) is 98.9 Å². The number of unbranched alkanes of at least 4 members (excludes halogenated alkanes) is 8. The minimum atomic E-state index is -3.69. The third-order valence-corrected chi connectivity index (χ3v) is 45.4. The Morgan fingerprint density at radius 2 is 0.782 bits per heavy atom. The van der Waals surface area contributed by atoms with E-state index in [1.54, 1.807) is 23.6 Å². The third kappa shape index (κ3) is 14.2. The highest BCUT2D eigenvalue weighted by Crippen LogP contribution is 3.02. The first kappa shape index (κ1) is 93.3. The molecule has 133 heavy (non-hydrogen) atoms. The predicted molar refractivity (Wildman–Crippen MR) is 473 cm³/mol. The molecule has 23 aliphatic rings. The molecule has 13 N–H and O–H groups in total. The van der Waals surface area contributed by atoms with Crippen molar-refractivity contribution in [1.29, 1.82) is 0 Å². The van der Waals surface area contributed by atoms with E-state index in [2.05, 4.69) is 16.0 Å². The quantitative estimate of drug-likeness (QED) is 0.0210. The average molecular weight is 1900 g/mol. The van der Waals surface area contributed by atoms with Crippen molar-refractivity contribution in [3.8, 4) is 0 Å². The van der Waals surface area contributed by atoms with Gasteiger partial charge in [0, 0.05) is 121 Å². The highest BCUT2D eigenvalue weighted by molar-refractivity contribution is 7.52. The van der Waals surface area contributed by atoms with Crippen LogP contribution in [0.1, 0.15) is 156 Å². The van der Waals surface area contributed by atoms with Gasteiger partial charge in [-0.2, -0.15) is 0 Å². The second-order valence-electron chi connectivity index (χ2n) is 47.5. The van der Waals surface area contributed by atoms with Crippen LogP contribution in [0, 0.1) is 249 Å². The number of carbonyl (C=O) groups is 6. The molecule has 4 aliphatic heterocycles. The van der Waals surface area contributed by atoms with Crippen LogP contribution >= 0.6 is 15.9 Å². The Morgan fingerprint density at radius 3 is 1.22 bits per heavy atom. The van der Waals surface area contributed by atoms with Gasteiger partial charge in [0.2, 0.25) is 29.5 Å². The van der Waals surface area contributed by atoms with Crippen LogP contribution in [0.5, 0.6) is 0 Å². The van der Waals surface area contributed by atoms with Crippen molar-refractivity contribution in [3.05, 3.63) is 0 Å². The first-order chi connectivity index (χ1) is 64.4. The van der Waals surface area contributed by atoms with E-state index in [0.717, 1.165) is 195 Å². The van der Waals surface area contributed by atoms with E-state index in [9.17, 15) is 89.0 Å². The molecule has 19 saturated carbocycles. The van der Waals surface area contributed by atoms with E-state index in [1.165, 1.54) is 13.6 Å². The number of β-amino-alcohol motifs (C(OH)–C–C–N with tert-alkyl or cyclic N) is 1. The van der Waals surface area contributed by atoms with Gasteiger partial charge in [-0.1, -0.05) is 33.1 Å². The molecule has 23 fully saturated rings. The molecule has 57 atom stereocenters. The number of fused-ring (bicyclic) bond motifs is 52. The molecular weight excluding hydrogens is 1750 g/mol. The Labute approximate surface area is 781 Å². The lowest BCUT2D eigenvalue weighted by Crippen LogP contribution is -2.98. The van der Waals surface area contributed by atoms with Crippen LogP contribution in [0.2, 0.25) is 0 Å². The molecule has 4 heterocycles. The molecule has 0 aromatic heterocycles. The lowest BCUT2D eigenvalue weighted by molar-refractivity contribution is -0.545. The summed E-state index contributed by atoms with van der Waals surface area (Å²) in [5.74, 6) is 33.4. The second kappa shape index (κ2) is 36.2. The topological polar surface area (TPSA) is 455 Å². The molecule has 0 bridgehead atoms. The smallest absolute Gasteiger partial charge is 0.396 e. The molecule has 19 aliphatic carbocycles. The maximum absolute atomic E-state index is 14.5. The van der Waals surface area contributed by atoms with Crippen LogP contribution < -0.4 is 16.0 Å². The highest BCUT2D eigenvalue weighted by atomic mass is 31.2. The average Bonchev–Trinajstić information content (AvgIpc) is 0.858.